The summed E-state index contributed by atoms with van der Waals surface area (Å²) in [5.74, 6) is 0. The number of rotatable bonds is 18. The molecule has 0 fully saturated rings. The molecular weight excluding hydrogens is 316 g/mol. The van der Waals surface area contributed by atoms with Gasteiger partial charge in [-0.2, -0.15) is 0 Å². The maximum Gasteiger partial charge on any atom is 0.0431 e. The van der Waals surface area contributed by atoms with Gasteiger partial charge in [0, 0.05) is 6.61 Å². The van der Waals surface area contributed by atoms with Gasteiger partial charge in [0.15, 0.2) is 0 Å². The van der Waals surface area contributed by atoms with E-state index in [4.69, 9.17) is 5.11 Å². The summed E-state index contributed by atoms with van der Waals surface area (Å²) in [5.41, 5.74) is 2.86. The molecule has 0 heterocycles. The highest BCUT2D eigenvalue weighted by Crippen LogP contribution is 2.14. The lowest BCUT2D eigenvalue weighted by atomic mass is 10.0. The van der Waals surface area contributed by atoms with Gasteiger partial charge >= 0.3 is 0 Å². The van der Waals surface area contributed by atoms with Crippen LogP contribution in [0.25, 0.3) is 0 Å². The molecule has 1 nitrogen and oxygen atoms in total. The number of unbranched alkanes of at least 4 members (excludes halogenated alkanes) is 15. The van der Waals surface area contributed by atoms with Gasteiger partial charge in [-0.25, -0.2) is 0 Å². The van der Waals surface area contributed by atoms with E-state index in [-0.39, 0.29) is 0 Å². The van der Waals surface area contributed by atoms with Crippen LogP contribution in [0.5, 0.6) is 0 Å². The van der Waals surface area contributed by atoms with Crippen LogP contribution in [0.4, 0.5) is 0 Å². The summed E-state index contributed by atoms with van der Waals surface area (Å²) < 4.78 is 0. The Kier molecular flexibility index (Phi) is 15.7. The smallest absolute Gasteiger partial charge is 0.0431 e. The van der Waals surface area contributed by atoms with Crippen LogP contribution in [0, 0.1) is 6.92 Å². The number of aryl methyl sites for hydroxylation is 2. The highest BCUT2D eigenvalue weighted by molar-refractivity contribution is 5.21. The number of hydrogen-bond donors (Lipinski definition) is 1. The van der Waals surface area contributed by atoms with E-state index in [1.807, 2.05) is 0 Å². The molecule has 1 aromatic rings. The van der Waals surface area contributed by atoms with Gasteiger partial charge < -0.3 is 5.11 Å². The lowest BCUT2D eigenvalue weighted by molar-refractivity contribution is 0.282. The zero-order valence-corrected chi connectivity index (χ0v) is 17.5. The predicted molar refractivity (Wildman–Crippen MR) is 116 cm³/mol. The van der Waals surface area contributed by atoms with Gasteiger partial charge in [-0.3, -0.25) is 0 Å². The third-order valence-corrected chi connectivity index (χ3v) is 5.49. The molecule has 1 rings (SSSR count). The Bertz CT molecular complexity index is 395. The van der Waals surface area contributed by atoms with E-state index >= 15 is 0 Å². The van der Waals surface area contributed by atoms with E-state index in [0.717, 1.165) is 6.42 Å². The average Bonchev–Trinajstić information content (AvgIpc) is 2.66. The molecule has 0 aliphatic heterocycles. The molecule has 0 aliphatic rings. The molecule has 0 saturated carbocycles. The second-order valence-corrected chi connectivity index (χ2v) is 8.12. The van der Waals surface area contributed by atoms with Crippen molar-refractivity contribution in [1.82, 2.24) is 0 Å². The Morgan fingerprint density at radius 3 is 1.23 bits per heavy atom. The molecule has 0 saturated heterocycles. The monoisotopic (exact) mass is 360 g/mol. The third kappa shape index (κ3) is 14.4. The Labute approximate surface area is 163 Å². The highest BCUT2D eigenvalue weighted by atomic mass is 16.2. The van der Waals surface area contributed by atoms with Crippen molar-refractivity contribution in [3.05, 3.63) is 35.4 Å². The van der Waals surface area contributed by atoms with E-state index in [9.17, 15) is 0 Å². The van der Waals surface area contributed by atoms with E-state index in [2.05, 4.69) is 31.2 Å². The Morgan fingerprint density at radius 2 is 0.846 bits per heavy atom. The zero-order valence-electron chi connectivity index (χ0n) is 17.5. The minimum Gasteiger partial charge on any atom is -0.396 e. The standard InChI is InChI=1S/C25H44O/c1-24-19-21-25(22-20-24)18-16-14-12-10-8-6-4-2-3-5-7-9-11-13-15-17-23-26/h19-22,26H,2-18,23H2,1H3. The van der Waals surface area contributed by atoms with E-state index in [1.54, 1.807) is 0 Å². The van der Waals surface area contributed by atoms with Gasteiger partial charge in [0.1, 0.15) is 0 Å². The number of aliphatic hydroxyl groups excluding tert-OH is 1. The first-order valence-corrected chi connectivity index (χ1v) is 11.5. The minimum atomic E-state index is 0.368. The van der Waals surface area contributed by atoms with E-state index in [0.29, 0.717) is 6.61 Å². The molecule has 1 N–H and O–H groups in total. The lowest BCUT2D eigenvalue weighted by Crippen LogP contribution is -1.87. The van der Waals surface area contributed by atoms with Crippen molar-refractivity contribution >= 4 is 0 Å². The van der Waals surface area contributed by atoms with Crippen molar-refractivity contribution in [2.24, 2.45) is 0 Å². The first-order valence-electron chi connectivity index (χ1n) is 11.5. The van der Waals surface area contributed by atoms with E-state index < -0.39 is 0 Å². The fourth-order valence-electron chi connectivity index (χ4n) is 3.67. The topological polar surface area (TPSA) is 20.2 Å². The summed E-state index contributed by atoms with van der Waals surface area (Å²) in [5, 5.41) is 8.73. The fourth-order valence-corrected chi connectivity index (χ4v) is 3.67. The second kappa shape index (κ2) is 17.6. The number of benzene rings is 1. The number of hydrogen-bond acceptors (Lipinski definition) is 1. The van der Waals surface area contributed by atoms with Gasteiger partial charge in [0.05, 0.1) is 0 Å². The van der Waals surface area contributed by atoms with Crippen molar-refractivity contribution in [1.29, 1.82) is 0 Å². The van der Waals surface area contributed by atoms with Crippen molar-refractivity contribution < 1.29 is 5.11 Å². The largest absolute Gasteiger partial charge is 0.396 e. The molecule has 0 aromatic heterocycles. The fraction of sp³-hybridized carbons (Fsp3) is 0.760. The van der Waals surface area contributed by atoms with Crippen molar-refractivity contribution in [3.63, 3.8) is 0 Å². The highest BCUT2D eigenvalue weighted by Gasteiger charge is 1.96. The average molecular weight is 361 g/mol. The molecule has 0 unspecified atom stereocenters. The molecule has 1 heteroatoms. The lowest BCUT2D eigenvalue weighted by Gasteiger charge is -2.04. The number of aliphatic hydroxyl groups is 1. The molecule has 150 valence electrons. The summed E-state index contributed by atoms with van der Waals surface area (Å²) in [6, 6.07) is 9.03. The van der Waals surface area contributed by atoms with Crippen LogP contribution in [0.2, 0.25) is 0 Å². The van der Waals surface area contributed by atoms with Crippen LogP contribution < -0.4 is 0 Å². The minimum absolute atomic E-state index is 0.368. The van der Waals surface area contributed by atoms with Gasteiger partial charge in [-0.1, -0.05) is 120 Å². The maximum absolute atomic E-state index is 8.73. The second-order valence-electron chi connectivity index (χ2n) is 8.12. The van der Waals surface area contributed by atoms with Gasteiger partial charge in [0.25, 0.3) is 0 Å². The molecule has 0 bridgehead atoms. The first-order chi connectivity index (χ1) is 12.8. The summed E-state index contributed by atoms with van der Waals surface area (Å²) in [6.45, 7) is 2.53. The van der Waals surface area contributed by atoms with Crippen LogP contribution in [0.1, 0.15) is 114 Å². The third-order valence-electron chi connectivity index (χ3n) is 5.49. The van der Waals surface area contributed by atoms with Crippen LogP contribution >= 0.6 is 0 Å². The molecule has 0 amide bonds. The van der Waals surface area contributed by atoms with Gasteiger partial charge in [-0.05, 0) is 31.7 Å². The summed E-state index contributed by atoms with van der Waals surface area (Å²) in [4.78, 5) is 0. The molecular formula is C25H44O. The Hall–Kier alpha value is -0.820. The quantitative estimate of drug-likeness (QED) is 0.265. The molecule has 0 spiro atoms. The molecule has 0 atom stereocenters. The van der Waals surface area contributed by atoms with Crippen LogP contribution in [0.3, 0.4) is 0 Å². The first kappa shape index (κ1) is 23.2. The van der Waals surface area contributed by atoms with Crippen molar-refractivity contribution in [3.8, 4) is 0 Å². The summed E-state index contributed by atoms with van der Waals surface area (Å²) in [6.07, 6.45) is 23.2. The van der Waals surface area contributed by atoms with Gasteiger partial charge in [0.2, 0.25) is 0 Å². The van der Waals surface area contributed by atoms with Gasteiger partial charge in [-0.15, -0.1) is 0 Å². The zero-order chi connectivity index (χ0) is 18.7. The molecule has 1 aromatic carbocycles. The van der Waals surface area contributed by atoms with E-state index in [1.165, 1.54) is 114 Å². The van der Waals surface area contributed by atoms with Crippen LogP contribution in [0.15, 0.2) is 24.3 Å². The Morgan fingerprint density at radius 1 is 0.500 bits per heavy atom. The Balaban J connectivity index is 1.72. The van der Waals surface area contributed by atoms with Crippen molar-refractivity contribution in [2.45, 2.75) is 116 Å². The summed E-state index contributed by atoms with van der Waals surface area (Å²) in [7, 11) is 0. The molecule has 0 radical (unpaired) electrons. The SMILES string of the molecule is Cc1ccc(CCCCCCCCCCCCCCCCCCO)cc1. The maximum atomic E-state index is 8.73. The normalized spacial score (nSPS) is 11.2. The van der Waals surface area contributed by atoms with Crippen LogP contribution in [-0.2, 0) is 6.42 Å². The molecule has 0 aliphatic carbocycles. The van der Waals surface area contributed by atoms with Crippen molar-refractivity contribution in [2.75, 3.05) is 6.61 Å². The predicted octanol–water partition coefficient (Wildman–Crippen LogP) is 7.77. The van der Waals surface area contributed by atoms with Crippen LogP contribution in [-0.4, -0.2) is 11.7 Å². The molecule has 26 heavy (non-hydrogen) atoms. The summed E-state index contributed by atoms with van der Waals surface area (Å²) >= 11 is 0.